The maximum atomic E-state index is 13.0. The van der Waals surface area contributed by atoms with Crippen LogP contribution in [-0.4, -0.2) is 46.7 Å². The lowest BCUT2D eigenvalue weighted by Gasteiger charge is -2.41. The Kier molecular flexibility index (Phi) is 5.09. The first-order valence-electron chi connectivity index (χ1n) is 9.46. The molecule has 2 aromatic carbocycles. The third-order valence-electron chi connectivity index (χ3n) is 5.21. The van der Waals surface area contributed by atoms with Crippen molar-refractivity contribution in [1.29, 1.82) is 0 Å². The molecule has 3 aromatic rings. The fourth-order valence-corrected chi connectivity index (χ4v) is 3.97. The Labute approximate surface area is 169 Å². The Morgan fingerprint density at radius 3 is 2.71 bits per heavy atom. The molecule has 1 atom stereocenters. The van der Waals surface area contributed by atoms with E-state index in [1.807, 2.05) is 29.2 Å². The van der Waals surface area contributed by atoms with Crippen molar-refractivity contribution >= 4 is 23.2 Å². The quantitative estimate of drug-likeness (QED) is 0.716. The highest BCUT2D eigenvalue weighted by Crippen LogP contribution is 2.27. The second kappa shape index (κ2) is 7.68. The van der Waals surface area contributed by atoms with Gasteiger partial charge in [-0.3, -0.25) is 9.89 Å². The van der Waals surface area contributed by atoms with E-state index in [1.165, 1.54) is 11.3 Å². The van der Waals surface area contributed by atoms with Crippen LogP contribution in [0, 0.1) is 6.92 Å². The second-order valence-electron chi connectivity index (χ2n) is 7.28. The molecular formula is C22H23ClN4O. The van der Waals surface area contributed by atoms with E-state index in [0.29, 0.717) is 29.5 Å². The van der Waals surface area contributed by atoms with E-state index in [9.17, 15) is 4.79 Å². The van der Waals surface area contributed by atoms with Gasteiger partial charge in [-0.2, -0.15) is 5.10 Å². The average molecular weight is 395 g/mol. The molecule has 5 nitrogen and oxygen atoms in total. The van der Waals surface area contributed by atoms with Gasteiger partial charge in [0.15, 0.2) is 0 Å². The molecule has 2 heterocycles. The lowest BCUT2D eigenvalue weighted by Crippen LogP contribution is -2.53. The number of nitrogens with one attached hydrogen (secondary N) is 1. The van der Waals surface area contributed by atoms with Crippen molar-refractivity contribution in [3.8, 4) is 11.3 Å². The Morgan fingerprint density at radius 2 is 1.96 bits per heavy atom. The SMILES string of the molecule is Cc1cccc(N2CCN(C(=O)c3cc(-c4ccccc4Cl)n[nH]3)C[C@@H]2C)c1. The summed E-state index contributed by atoms with van der Waals surface area (Å²) in [6, 6.07) is 18.0. The van der Waals surface area contributed by atoms with Gasteiger partial charge in [-0.1, -0.05) is 41.9 Å². The smallest absolute Gasteiger partial charge is 0.272 e. The van der Waals surface area contributed by atoms with Gasteiger partial charge in [0.1, 0.15) is 5.69 Å². The van der Waals surface area contributed by atoms with E-state index in [1.54, 1.807) is 6.07 Å². The van der Waals surface area contributed by atoms with Crippen molar-refractivity contribution in [2.75, 3.05) is 24.5 Å². The lowest BCUT2D eigenvalue weighted by atomic mass is 10.1. The van der Waals surface area contributed by atoms with Crippen LogP contribution in [-0.2, 0) is 0 Å². The first-order chi connectivity index (χ1) is 13.5. The van der Waals surface area contributed by atoms with Crippen molar-refractivity contribution in [2.24, 2.45) is 0 Å². The molecule has 1 aliphatic heterocycles. The number of rotatable bonds is 3. The van der Waals surface area contributed by atoms with E-state index in [2.05, 4.69) is 53.2 Å². The van der Waals surface area contributed by atoms with Gasteiger partial charge in [0, 0.05) is 36.9 Å². The fraction of sp³-hybridized carbons (Fsp3) is 0.273. The van der Waals surface area contributed by atoms with Gasteiger partial charge in [-0.05, 0) is 43.7 Å². The summed E-state index contributed by atoms with van der Waals surface area (Å²) in [6.45, 7) is 6.42. The van der Waals surface area contributed by atoms with E-state index in [0.717, 1.165) is 12.1 Å². The molecule has 144 valence electrons. The number of hydrogen-bond acceptors (Lipinski definition) is 3. The normalized spacial score (nSPS) is 17.0. The molecule has 0 aliphatic carbocycles. The van der Waals surface area contributed by atoms with Crippen LogP contribution >= 0.6 is 11.6 Å². The minimum Gasteiger partial charge on any atom is -0.365 e. The van der Waals surface area contributed by atoms with Crippen LogP contribution in [0.1, 0.15) is 23.0 Å². The Bertz CT molecular complexity index is 999. The molecule has 28 heavy (non-hydrogen) atoms. The molecule has 1 saturated heterocycles. The summed E-state index contributed by atoms with van der Waals surface area (Å²) < 4.78 is 0. The standard InChI is InChI=1S/C22H23ClN4O/c1-15-6-5-7-17(12-15)27-11-10-26(14-16(27)2)22(28)21-13-20(24-25-21)18-8-3-4-9-19(18)23/h3-9,12-13,16H,10-11,14H2,1-2H3,(H,24,25)/t16-/m0/s1. The maximum Gasteiger partial charge on any atom is 0.272 e. The van der Waals surface area contributed by atoms with E-state index in [-0.39, 0.29) is 11.9 Å². The fourth-order valence-electron chi connectivity index (χ4n) is 3.74. The molecule has 1 amide bonds. The minimum atomic E-state index is -0.0263. The van der Waals surface area contributed by atoms with Gasteiger partial charge in [0.25, 0.3) is 5.91 Å². The van der Waals surface area contributed by atoms with E-state index >= 15 is 0 Å². The summed E-state index contributed by atoms with van der Waals surface area (Å²) in [5.74, 6) is -0.0263. The number of H-pyrrole nitrogens is 1. The highest BCUT2D eigenvalue weighted by Gasteiger charge is 2.28. The largest absolute Gasteiger partial charge is 0.365 e. The number of piperazine rings is 1. The molecule has 1 N–H and O–H groups in total. The molecule has 0 bridgehead atoms. The van der Waals surface area contributed by atoms with Crippen LogP contribution in [0.15, 0.2) is 54.6 Å². The van der Waals surface area contributed by atoms with Gasteiger partial charge >= 0.3 is 0 Å². The highest BCUT2D eigenvalue weighted by molar-refractivity contribution is 6.33. The second-order valence-corrected chi connectivity index (χ2v) is 7.69. The Morgan fingerprint density at radius 1 is 1.14 bits per heavy atom. The first kappa shape index (κ1) is 18.6. The zero-order chi connectivity index (χ0) is 19.7. The Balaban J connectivity index is 1.48. The number of aromatic nitrogens is 2. The lowest BCUT2D eigenvalue weighted by molar-refractivity contribution is 0.0720. The minimum absolute atomic E-state index is 0.0263. The summed E-state index contributed by atoms with van der Waals surface area (Å²) in [7, 11) is 0. The number of aromatic amines is 1. The molecule has 0 saturated carbocycles. The third-order valence-corrected chi connectivity index (χ3v) is 5.54. The van der Waals surface area contributed by atoms with Crippen LogP contribution in [0.3, 0.4) is 0 Å². The summed E-state index contributed by atoms with van der Waals surface area (Å²) in [5, 5.41) is 7.79. The number of hydrogen-bond donors (Lipinski definition) is 1. The first-order valence-corrected chi connectivity index (χ1v) is 9.83. The molecule has 0 spiro atoms. The predicted molar refractivity (Wildman–Crippen MR) is 113 cm³/mol. The van der Waals surface area contributed by atoms with E-state index in [4.69, 9.17) is 11.6 Å². The number of benzene rings is 2. The zero-order valence-corrected chi connectivity index (χ0v) is 16.8. The number of carbonyl (C=O) groups is 1. The van der Waals surface area contributed by atoms with Gasteiger partial charge in [0.2, 0.25) is 0 Å². The predicted octanol–water partition coefficient (Wildman–Crippen LogP) is 4.39. The van der Waals surface area contributed by atoms with Crippen molar-refractivity contribution in [1.82, 2.24) is 15.1 Å². The van der Waals surface area contributed by atoms with Gasteiger partial charge in [-0.15, -0.1) is 0 Å². The molecule has 0 unspecified atom stereocenters. The van der Waals surface area contributed by atoms with Crippen molar-refractivity contribution in [3.63, 3.8) is 0 Å². The summed E-state index contributed by atoms with van der Waals surface area (Å²) in [6.07, 6.45) is 0. The molecule has 0 radical (unpaired) electrons. The topological polar surface area (TPSA) is 52.2 Å². The molecule has 6 heteroatoms. The number of aryl methyl sites for hydroxylation is 1. The number of nitrogens with zero attached hydrogens (tertiary/aromatic N) is 3. The van der Waals surface area contributed by atoms with Crippen LogP contribution in [0.25, 0.3) is 11.3 Å². The molecule has 1 fully saturated rings. The van der Waals surface area contributed by atoms with Crippen molar-refractivity contribution in [2.45, 2.75) is 19.9 Å². The van der Waals surface area contributed by atoms with Gasteiger partial charge in [0.05, 0.1) is 10.7 Å². The molecule has 4 rings (SSSR count). The van der Waals surface area contributed by atoms with Crippen LogP contribution < -0.4 is 4.90 Å². The van der Waals surface area contributed by atoms with Crippen molar-refractivity contribution < 1.29 is 4.79 Å². The number of amides is 1. The summed E-state index contributed by atoms with van der Waals surface area (Å²) in [4.78, 5) is 17.2. The summed E-state index contributed by atoms with van der Waals surface area (Å²) >= 11 is 6.25. The van der Waals surface area contributed by atoms with Crippen LogP contribution in [0.5, 0.6) is 0 Å². The maximum absolute atomic E-state index is 13.0. The Hall–Kier alpha value is -2.79. The molecule has 1 aliphatic rings. The van der Waals surface area contributed by atoms with Crippen molar-refractivity contribution in [3.05, 3.63) is 70.9 Å². The third kappa shape index (κ3) is 3.62. The molecule has 1 aromatic heterocycles. The van der Waals surface area contributed by atoms with E-state index < -0.39 is 0 Å². The highest BCUT2D eigenvalue weighted by atomic mass is 35.5. The zero-order valence-electron chi connectivity index (χ0n) is 16.0. The monoisotopic (exact) mass is 394 g/mol. The van der Waals surface area contributed by atoms with Gasteiger partial charge in [-0.25, -0.2) is 0 Å². The number of halogens is 1. The number of carbonyl (C=O) groups excluding carboxylic acids is 1. The van der Waals surface area contributed by atoms with Crippen LogP contribution in [0.2, 0.25) is 5.02 Å². The average Bonchev–Trinajstić information content (AvgIpc) is 3.17. The van der Waals surface area contributed by atoms with Crippen LogP contribution in [0.4, 0.5) is 5.69 Å². The van der Waals surface area contributed by atoms with Gasteiger partial charge < -0.3 is 9.80 Å². The summed E-state index contributed by atoms with van der Waals surface area (Å²) in [5.41, 5.74) is 4.44. The molecular weight excluding hydrogens is 372 g/mol. The number of anilines is 1.